The highest BCUT2D eigenvalue weighted by Crippen LogP contribution is 2.16. The molecule has 0 amide bonds. The second kappa shape index (κ2) is 2.74. The van der Waals surface area contributed by atoms with E-state index in [1.54, 1.807) is 0 Å². The van der Waals surface area contributed by atoms with Crippen LogP contribution in [0.3, 0.4) is 0 Å². The first-order chi connectivity index (χ1) is 3.79. The van der Waals surface area contributed by atoms with E-state index in [1.807, 2.05) is 0 Å². The van der Waals surface area contributed by atoms with E-state index in [-0.39, 0.29) is 0 Å². The van der Waals surface area contributed by atoms with Gasteiger partial charge < -0.3 is 0 Å². The summed E-state index contributed by atoms with van der Waals surface area (Å²) in [7, 11) is 0. The van der Waals surface area contributed by atoms with Crippen LogP contribution in [0.5, 0.6) is 0 Å². The van der Waals surface area contributed by atoms with Crippen LogP contribution in [0.4, 0.5) is 0 Å². The normalized spacial score (nSPS) is 26.2. The van der Waals surface area contributed by atoms with Crippen LogP contribution >= 0.6 is 12.8 Å². The van der Waals surface area contributed by atoms with Gasteiger partial charge in [0.2, 0.25) is 0 Å². The van der Waals surface area contributed by atoms with E-state index in [0.717, 1.165) is 5.92 Å². The molecular formula is C6H13NS. The van der Waals surface area contributed by atoms with E-state index in [2.05, 4.69) is 24.0 Å². The minimum Gasteiger partial charge on any atom is -0.253 e. The topological polar surface area (TPSA) is 3.24 Å². The molecule has 8 heavy (non-hydrogen) atoms. The van der Waals surface area contributed by atoms with Crippen LogP contribution in [0, 0.1) is 5.92 Å². The predicted octanol–water partition coefficient (Wildman–Crippen LogP) is 1.56. The molecule has 0 unspecified atom stereocenters. The maximum Gasteiger partial charge on any atom is 0.00895 e. The molecule has 48 valence electrons. The van der Waals surface area contributed by atoms with Crippen LogP contribution in [0.25, 0.3) is 0 Å². The summed E-state index contributed by atoms with van der Waals surface area (Å²) in [5.74, 6) is 0.929. The molecule has 1 aliphatic rings. The summed E-state index contributed by atoms with van der Waals surface area (Å²) >= 11 is 4.24. The molecule has 1 heterocycles. The quantitative estimate of drug-likeness (QED) is 0.488. The van der Waals surface area contributed by atoms with E-state index in [1.165, 1.54) is 25.9 Å². The van der Waals surface area contributed by atoms with Gasteiger partial charge in [-0.25, -0.2) is 0 Å². The average Bonchev–Trinajstić information content (AvgIpc) is 1.77. The number of rotatable bonds is 0. The van der Waals surface area contributed by atoms with Crippen molar-refractivity contribution in [3.8, 4) is 0 Å². The Bertz CT molecular complexity index is 56.9. The standard InChI is InChI=1S/C6H13NS/c1-6-2-4-7(8)5-3-6/h6,8H,2-5H2,1H3. The molecule has 0 radical (unpaired) electrons. The molecule has 1 rings (SSSR count). The highest BCUT2D eigenvalue weighted by atomic mass is 32.1. The zero-order valence-electron chi connectivity index (χ0n) is 5.30. The zero-order chi connectivity index (χ0) is 5.98. The minimum atomic E-state index is 0.929. The van der Waals surface area contributed by atoms with Crippen LogP contribution in [0.2, 0.25) is 0 Å². The smallest absolute Gasteiger partial charge is 0.00895 e. The van der Waals surface area contributed by atoms with Crippen molar-refractivity contribution in [3.63, 3.8) is 0 Å². The van der Waals surface area contributed by atoms with Crippen molar-refractivity contribution in [1.82, 2.24) is 4.31 Å². The summed E-state index contributed by atoms with van der Waals surface area (Å²) in [6.07, 6.45) is 2.65. The highest BCUT2D eigenvalue weighted by molar-refractivity contribution is 7.77. The van der Waals surface area contributed by atoms with Gasteiger partial charge in [-0.2, -0.15) is 0 Å². The molecule has 0 aromatic heterocycles. The van der Waals surface area contributed by atoms with E-state index < -0.39 is 0 Å². The maximum atomic E-state index is 4.24. The molecule has 0 N–H and O–H groups in total. The predicted molar refractivity (Wildman–Crippen MR) is 39.0 cm³/mol. The summed E-state index contributed by atoms with van der Waals surface area (Å²) in [5.41, 5.74) is 0. The number of hydrogen-bond acceptors (Lipinski definition) is 2. The fourth-order valence-electron chi connectivity index (χ4n) is 0.995. The second-order valence-electron chi connectivity index (χ2n) is 2.64. The van der Waals surface area contributed by atoms with E-state index in [9.17, 15) is 0 Å². The molecule has 0 bridgehead atoms. The molecule has 0 spiro atoms. The van der Waals surface area contributed by atoms with Gasteiger partial charge in [0.15, 0.2) is 0 Å². The summed E-state index contributed by atoms with van der Waals surface area (Å²) in [6.45, 7) is 4.65. The lowest BCUT2D eigenvalue weighted by molar-refractivity contribution is 0.311. The Morgan fingerprint density at radius 3 is 2.25 bits per heavy atom. The van der Waals surface area contributed by atoms with Crippen molar-refractivity contribution in [3.05, 3.63) is 0 Å². The van der Waals surface area contributed by atoms with Gasteiger partial charge in [-0.05, 0) is 18.8 Å². The molecular weight excluding hydrogens is 118 g/mol. The summed E-state index contributed by atoms with van der Waals surface area (Å²) < 4.78 is 2.10. The van der Waals surface area contributed by atoms with Crippen molar-refractivity contribution in [2.45, 2.75) is 19.8 Å². The third kappa shape index (κ3) is 1.67. The lowest BCUT2D eigenvalue weighted by Crippen LogP contribution is -2.24. The van der Waals surface area contributed by atoms with E-state index in [4.69, 9.17) is 0 Å². The summed E-state index contributed by atoms with van der Waals surface area (Å²) in [4.78, 5) is 0. The van der Waals surface area contributed by atoms with Gasteiger partial charge >= 0.3 is 0 Å². The Labute approximate surface area is 56.6 Å². The Morgan fingerprint density at radius 1 is 1.38 bits per heavy atom. The van der Waals surface area contributed by atoms with E-state index in [0.29, 0.717) is 0 Å². The Hall–Kier alpha value is 0.310. The van der Waals surface area contributed by atoms with Gasteiger partial charge in [-0.1, -0.05) is 19.7 Å². The van der Waals surface area contributed by atoms with Crippen molar-refractivity contribution in [1.29, 1.82) is 0 Å². The van der Waals surface area contributed by atoms with Gasteiger partial charge in [-0.15, -0.1) is 0 Å². The lowest BCUT2D eigenvalue weighted by atomic mass is 10.0. The molecule has 1 saturated heterocycles. The molecule has 1 fully saturated rings. The van der Waals surface area contributed by atoms with Gasteiger partial charge in [0, 0.05) is 13.1 Å². The first kappa shape index (κ1) is 6.43. The van der Waals surface area contributed by atoms with Crippen LogP contribution in [0.15, 0.2) is 0 Å². The molecule has 0 saturated carbocycles. The van der Waals surface area contributed by atoms with Gasteiger partial charge in [-0.3, -0.25) is 4.31 Å². The average molecular weight is 131 g/mol. The van der Waals surface area contributed by atoms with Crippen LogP contribution in [-0.2, 0) is 0 Å². The summed E-state index contributed by atoms with van der Waals surface area (Å²) in [5, 5.41) is 0. The third-order valence-corrected chi connectivity index (χ3v) is 2.16. The van der Waals surface area contributed by atoms with Crippen LogP contribution < -0.4 is 0 Å². The van der Waals surface area contributed by atoms with Crippen molar-refractivity contribution < 1.29 is 0 Å². The molecule has 0 aromatic carbocycles. The molecule has 1 nitrogen and oxygen atoms in total. The second-order valence-corrected chi connectivity index (χ2v) is 3.20. The maximum absolute atomic E-state index is 4.24. The Kier molecular flexibility index (Phi) is 2.20. The van der Waals surface area contributed by atoms with Crippen molar-refractivity contribution in [2.24, 2.45) is 5.92 Å². The van der Waals surface area contributed by atoms with E-state index >= 15 is 0 Å². The van der Waals surface area contributed by atoms with Gasteiger partial charge in [0.1, 0.15) is 0 Å². The Balaban J connectivity index is 2.19. The fourth-order valence-corrected chi connectivity index (χ4v) is 1.23. The zero-order valence-corrected chi connectivity index (χ0v) is 6.19. The molecule has 0 aromatic rings. The number of nitrogens with zero attached hydrogens (tertiary/aromatic N) is 1. The Morgan fingerprint density at radius 2 is 1.88 bits per heavy atom. The fraction of sp³-hybridized carbons (Fsp3) is 1.00. The van der Waals surface area contributed by atoms with Crippen molar-refractivity contribution in [2.75, 3.05) is 13.1 Å². The van der Waals surface area contributed by atoms with Crippen LogP contribution in [-0.4, -0.2) is 17.4 Å². The largest absolute Gasteiger partial charge is 0.253 e. The van der Waals surface area contributed by atoms with Gasteiger partial charge in [0.05, 0.1) is 0 Å². The molecule has 0 aliphatic carbocycles. The lowest BCUT2D eigenvalue weighted by Gasteiger charge is -2.24. The molecule has 2 heteroatoms. The number of thiol groups is 1. The third-order valence-electron chi connectivity index (χ3n) is 1.76. The number of hydrogen-bond donors (Lipinski definition) is 1. The minimum absolute atomic E-state index is 0.929. The number of piperidine rings is 1. The van der Waals surface area contributed by atoms with Crippen molar-refractivity contribution >= 4 is 12.8 Å². The first-order valence-corrected chi connectivity index (χ1v) is 3.63. The first-order valence-electron chi connectivity index (χ1n) is 3.23. The molecule has 1 aliphatic heterocycles. The van der Waals surface area contributed by atoms with Crippen LogP contribution in [0.1, 0.15) is 19.8 Å². The monoisotopic (exact) mass is 131 g/mol. The van der Waals surface area contributed by atoms with Gasteiger partial charge in [0.25, 0.3) is 0 Å². The SMILES string of the molecule is CC1CCN(S)CC1. The highest BCUT2D eigenvalue weighted by Gasteiger charge is 2.11. The summed E-state index contributed by atoms with van der Waals surface area (Å²) in [6, 6.07) is 0. The molecule has 0 atom stereocenters.